The van der Waals surface area contributed by atoms with Gasteiger partial charge in [0.15, 0.2) is 10.9 Å². The van der Waals surface area contributed by atoms with Gasteiger partial charge in [-0.3, -0.25) is 14.2 Å². The molecule has 3 aromatic heterocycles. The van der Waals surface area contributed by atoms with Crippen molar-refractivity contribution in [2.45, 2.75) is 37.6 Å². The minimum atomic E-state index is -0.102. The normalized spacial score (nSPS) is 16.0. The van der Waals surface area contributed by atoms with Crippen molar-refractivity contribution >= 4 is 49.3 Å². The van der Waals surface area contributed by atoms with E-state index in [1.807, 2.05) is 19.1 Å². The first-order valence-corrected chi connectivity index (χ1v) is 12.7. The Morgan fingerprint density at radius 2 is 2.15 bits per heavy atom. The molecule has 7 nitrogen and oxygen atoms in total. The average molecular weight is 482 g/mol. The van der Waals surface area contributed by atoms with Crippen LogP contribution < -0.4 is 10.3 Å². The van der Waals surface area contributed by atoms with Gasteiger partial charge in [0, 0.05) is 23.8 Å². The van der Waals surface area contributed by atoms with Crippen molar-refractivity contribution in [1.29, 1.82) is 0 Å². The molecule has 9 heteroatoms. The van der Waals surface area contributed by atoms with Crippen LogP contribution in [0.3, 0.4) is 0 Å². The van der Waals surface area contributed by atoms with E-state index in [-0.39, 0.29) is 23.2 Å². The zero-order valence-electron chi connectivity index (χ0n) is 18.2. The first kappa shape index (κ1) is 22.1. The van der Waals surface area contributed by atoms with Crippen LogP contribution in [0.25, 0.3) is 20.4 Å². The number of aromatic nitrogens is 3. The molecule has 1 saturated heterocycles. The third-order valence-electron chi connectivity index (χ3n) is 5.55. The van der Waals surface area contributed by atoms with Gasteiger partial charge in [0.2, 0.25) is 0 Å². The van der Waals surface area contributed by atoms with Crippen molar-refractivity contribution in [3.05, 3.63) is 58.5 Å². The number of hydrogen-bond acceptors (Lipinski definition) is 8. The maximum Gasteiger partial charge on any atom is 0.272 e. The first-order chi connectivity index (χ1) is 16.1. The second kappa shape index (κ2) is 9.62. The number of hydrogen-bond donors (Lipinski definition) is 0. The predicted molar refractivity (Wildman–Crippen MR) is 131 cm³/mol. The summed E-state index contributed by atoms with van der Waals surface area (Å²) < 4.78 is 13.5. The number of carbonyl (C=O) groups excluding carboxylic acids is 1. The van der Waals surface area contributed by atoms with E-state index in [9.17, 15) is 9.59 Å². The third kappa shape index (κ3) is 4.53. The summed E-state index contributed by atoms with van der Waals surface area (Å²) in [5, 5.41) is 1.39. The van der Waals surface area contributed by atoms with E-state index < -0.39 is 0 Å². The molecule has 1 atom stereocenters. The number of ketones is 1. The average Bonchev–Trinajstić information content (AvgIpc) is 3.48. The molecule has 0 radical (unpaired) electrons. The highest BCUT2D eigenvalue weighted by molar-refractivity contribution is 7.99. The van der Waals surface area contributed by atoms with Gasteiger partial charge in [0.1, 0.15) is 15.3 Å². The van der Waals surface area contributed by atoms with Crippen LogP contribution in [0.2, 0.25) is 0 Å². The Morgan fingerprint density at radius 1 is 1.30 bits per heavy atom. The summed E-state index contributed by atoms with van der Waals surface area (Å²) in [6, 6.07) is 10.9. The molecule has 0 spiro atoms. The van der Waals surface area contributed by atoms with Crippen molar-refractivity contribution < 1.29 is 14.3 Å². The number of rotatable bonds is 8. The van der Waals surface area contributed by atoms with E-state index >= 15 is 0 Å². The van der Waals surface area contributed by atoms with Gasteiger partial charge in [-0.05, 0) is 56.2 Å². The Bertz CT molecular complexity index is 1360. The minimum Gasteiger partial charge on any atom is -0.494 e. The molecule has 5 rings (SSSR count). The van der Waals surface area contributed by atoms with Gasteiger partial charge in [-0.1, -0.05) is 11.8 Å². The van der Waals surface area contributed by atoms with E-state index in [1.54, 1.807) is 35.0 Å². The lowest BCUT2D eigenvalue weighted by Crippen LogP contribution is -2.28. The summed E-state index contributed by atoms with van der Waals surface area (Å²) in [4.78, 5) is 36.3. The van der Waals surface area contributed by atoms with Crippen LogP contribution in [-0.4, -0.2) is 45.4 Å². The predicted octanol–water partition coefficient (Wildman–Crippen LogP) is 4.56. The zero-order chi connectivity index (χ0) is 22.8. The lowest BCUT2D eigenvalue weighted by Gasteiger charge is -2.15. The Morgan fingerprint density at radius 3 is 2.91 bits per heavy atom. The van der Waals surface area contributed by atoms with Crippen molar-refractivity contribution in [2.75, 3.05) is 19.0 Å². The van der Waals surface area contributed by atoms with Gasteiger partial charge in [0.05, 0.1) is 30.5 Å². The van der Waals surface area contributed by atoms with Crippen molar-refractivity contribution in [1.82, 2.24) is 14.5 Å². The van der Waals surface area contributed by atoms with Crippen LogP contribution in [0.4, 0.5) is 0 Å². The molecule has 4 heterocycles. The highest BCUT2D eigenvalue weighted by atomic mass is 32.2. The van der Waals surface area contributed by atoms with Gasteiger partial charge in [0.25, 0.3) is 5.56 Å². The van der Waals surface area contributed by atoms with Crippen LogP contribution in [-0.2, 0) is 11.3 Å². The van der Waals surface area contributed by atoms with Crippen LogP contribution in [0, 0.1) is 0 Å². The van der Waals surface area contributed by atoms with Crippen molar-refractivity contribution in [3.8, 4) is 5.75 Å². The summed E-state index contributed by atoms with van der Waals surface area (Å²) in [5.41, 5.74) is 1.15. The van der Waals surface area contributed by atoms with Gasteiger partial charge in [-0.25, -0.2) is 9.97 Å². The molecule has 0 bridgehead atoms. The Balaban J connectivity index is 1.47. The SMILES string of the molecule is CCOc1ccc(C(=O)CSc2nc3c(sc4ncccc43)c(=O)n2CC2CCCO2)cc1. The molecule has 0 saturated carbocycles. The van der Waals surface area contributed by atoms with Gasteiger partial charge in [-0.2, -0.15) is 0 Å². The lowest BCUT2D eigenvalue weighted by atomic mass is 10.1. The molecule has 33 heavy (non-hydrogen) atoms. The second-order valence-corrected chi connectivity index (χ2v) is 9.69. The standard InChI is InChI=1S/C24H23N3O4S2/c1-2-30-16-9-7-15(8-10-16)19(28)14-32-24-26-20-18-6-3-11-25-22(18)33-21(20)23(29)27(24)13-17-5-4-12-31-17/h3,6-11,17H,2,4-5,12-14H2,1H3. The molecule has 1 aromatic carbocycles. The van der Waals surface area contributed by atoms with E-state index in [1.165, 1.54) is 23.1 Å². The Hall–Kier alpha value is -2.75. The fourth-order valence-electron chi connectivity index (χ4n) is 3.92. The van der Waals surface area contributed by atoms with E-state index in [4.69, 9.17) is 14.5 Å². The fraction of sp³-hybridized carbons (Fsp3) is 0.333. The number of benzene rings is 1. The Kier molecular flexibility index (Phi) is 6.43. The molecular formula is C24H23N3O4S2. The zero-order valence-corrected chi connectivity index (χ0v) is 19.8. The number of pyridine rings is 1. The molecule has 1 aliphatic heterocycles. The monoisotopic (exact) mass is 481 g/mol. The number of nitrogens with zero attached hydrogens (tertiary/aromatic N) is 3. The molecular weight excluding hydrogens is 458 g/mol. The number of thioether (sulfide) groups is 1. The van der Waals surface area contributed by atoms with E-state index in [2.05, 4.69) is 4.98 Å². The van der Waals surface area contributed by atoms with Crippen LogP contribution in [0.5, 0.6) is 5.75 Å². The summed E-state index contributed by atoms with van der Waals surface area (Å²) in [6.07, 6.45) is 3.60. The number of Topliss-reactive ketones (excluding diaryl/α,β-unsaturated/α-hetero) is 1. The van der Waals surface area contributed by atoms with E-state index in [0.29, 0.717) is 40.7 Å². The number of fused-ring (bicyclic) bond motifs is 3. The quantitative estimate of drug-likeness (QED) is 0.207. The smallest absolute Gasteiger partial charge is 0.272 e. The van der Waals surface area contributed by atoms with Crippen LogP contribution in [0.1, 0.15) is 30.1 Å². The molecule has 1 fully saturated rings. The van der Waals surface area contributed by atoms with Crippen molar-refractivity contribution in [2.24, 2.45) is 0 Å². The molecule has 1 aliphatic rings. The van der Waals surface area contributed by atoms with Crippen LogP contribution in [0.15, 0.2) is 52.5 Å². The third-order valence-corrected chi connectivity index (χ3v) is 7.61. The highest BCUT2D eigenvalue weighted by Gasteiger charge is 2.22. The molecule has 170 valence electrons. The van der Waals surface area contributed by atoms with Crippen molar-refractivity contribution in [3.63, 3.8) is 0 Å². The van der Waals surface area contributed by atoms with Gasteiger partial charge < -0.3 is 9.47 Å². The maximum atomic E-state index is 13.5. The van der Waals surface area contributed by atoms with E-state index in [0.717, 1.165) is 28.8 Å². The summed E-state index contributed by atoms with van der Waals surface area (Å²) in [7, 11) is 0. The number of ether oxygens (including phenoxy) is 2. The fourth-order valence-corrected chi connectivity index (χ4v) is 5.85. The van der Waals surface area contributed by atoms with Gasteiger partial charge >= 0.3 is 0 Å². The first-order valence-electron chi connectivity index (χ1n) is 10.9. The lowest BCUT2D eigenvalue weighted by molar-refractivity contribution is 0.0938. The summed E-state index contributed by atoms with van der Waals surface area (Å²) in [5.74, 6) is 0.882. The van der Waals surface area contributed by atoms with Crippen LogP contribution >= 0.6 is 23.1 Å². The molecule has 0 N–H and O–H groups in total. The largest absolute Gasteiger partial charge is 0.494 e. The second-order valence-electron chi connectivity index (χ2n) is 7.75. The molecule has 4 aromatic rings. The number of thiophene rings is 1. The van der Waals surface area contributed by atoms with Gasteiger partial charge in [-0.15, -0.1) is 11.3 Å². The topological polar surface area (TPSA) is 83.3 Å². The summed E-state index contributed by atoms with van der Waals surface area (Å²) >= 11 is 2.65. The molecule has 0 amide bonds. The maximum absolute atomic E-state index is 13.5. The number of carbonyl (C=O) groups is 1. The summed E-state index contributed by atoms with van der Waals surface area (Å²) in [6.45, 7) is 3.64. The molecule has 1 unspecified atom stereocenters. The molecule has 0 aliphatic carbocycles. The minimum absolute atomic E-state index is 0.0179. The Labute approximate surface area is 198 Å². The highest BCUT2D eigenvalue weighted by Crippen LogP contribution is 2.31.